The molecule has 0 saturated heterocycles. The van der Waals surface area contributed by atoms with Gasteiger partial charge in [0, 0.05) is 21.7 Å². The molecule has 2 amide bonds. The van der Waals surface area contributed by atoms with Crippen molar-refractivity contribution >= 4 is 33.3 Å². The van der Waals surface area contributed by atoms with E-state index >= 15 is 0 Å². The molecule has 0 aliphatic rings. The Morgan fingerprint density at radius 2 is 1.58 bits per heavy atom. The van der Waals surface area contributed by atoms with Gasteiger partial charge in [0.2, 0.25) is 15.9 Å². The molecule has 0 aliphatic heterocycles. The Morgan fingerprint density at radius 3 is 2.18 bits per heavy atom. The zero-order valence-electron chi connectivity index (χ0n) is 16.8. The van der Waals surface area contributed by atoms with E-state index in [9.17, 15) is 18.4 Å². The molecule has 0 spiro atoms. The van der Waals surface area contributed by atoms with Crippen molar-refractivity contribution in [3.8, 4) is 34.0 Å². The standard InChI is InChI=1S/C22H17ClN4O5S/c23-15-9-5-13(6-10-15)19-20(17-3-1-2-4-18(17)33(25,30)31)32-21(26-19)14-7-11-16(12-8-14)27(29)22(24)28/h1-12,29H,(H2,24,28)(H2,25,30,31). The fourth-order valence-corrected chi connectivity index (χ4v) is 4.07. The van der Waals surface area contributed by atoms with Crippen molar-refractivity contribution < 1.29 is 22.8 Å². The van der Waals surface area contributed by atoms with Crippen LogP contribution in [0.2, 0.25) is 5.02 Å². The molecule has 3 aromatic carbocycles. The predicted octanol–water partition coefficient (Wildman–Crippen LogP) is 4.25. The number of hydrogen-bond acceptors (Lipinski definition) is 6. The normalized spacial score (nSPS) is 11.4. The number of carbonyl (C=O) groups is 1. The molecule has 1 heterocycles. The Kier molecular flexibility index (Phi) is 5.91. The summed E-state index contributed by atoms with van der Waals surface area (Å²) in [5.74, 6) is 0.372. The third kappa shape index (κ3) is 4.59. The third-order valence-corrected chi connectivity index (χ3v) is 5.97. The minimum absolute atomic E-state index is 0.115. The molecule has 5 N–H and O–H groups in total. The first kappa shape index (κ1) is 22.5. The average Bonchev–Trinajstić information content (AvgIpc) is 3.24. The lowest BCUT2D eigenvalue weighted by Crippen LogP contribution is -2.32. The maximum atomic E-state index is 12.2. The minimum atomic E-state index is -4.05. The lowest BCUT2D eigenvalue weighted by atomic mass is 10.1. The Balaban J connectivity index is 1.89. The number of carbonyl (C=O) groups excluding carboxylic acids is 1. The number of anilines is 1. The van der Waals surface area contributed by atoms with Gasteiger partial charge in [0.05, 0.1) is 10.6 Å². The fraction of sp³-hybridized carbons (Fsp3) is 0. The second kappa shape index (κ2) is 8.68. The summed E-state index contributed by atoms with van der Waals surface area (Å²) in [4.78, 5) is 15.6. The van der Waals surface area contributed by atoms with Gasteiger partial charge in [-0.15, -0.1) is 0 Å². The number of oxazole rings is 1. The van der Waals surface area contributed by atoms with Crippen molar-refractivity contribution in [3.63, 3.8) is 0 Å². The molecule has 168 valence electrons. The predicted molar refractivity (Wildman–Crippen MR) is 123 cm³/mol. The van der Waals surface area contributed by atoms with Crippen LogP contribution < -0.4 is 15.9 Å². The van der Waals surface area contributed by atoms with Crippen LogP contribution in [0.4, 0.5) is 10.5 Å². The summed E-state index contributed by atoms with van der Waals surface area (Å²) in [6, 6.07) is 18.0. The van der Waals surface area contributed by atoms with Crippen LogP contribution in [0.1, 0.15) is 0 Å². The third-order valence-electron chi connectivity index (χ3n) is 4.75. The molecule has 0 unspecified atom stereocenters. The Labute approximate surface area is 193 Å². The van der Waals surface area contributed by atoms with Crippen LogP contribution in [0.15, 0.2) is 82.1 Å². The van der Waals surface area contributed by atoms with Gasteiger partial charge in [-0.3, -0.25) is 5.21 Å². The second-order valence-corrected chi connectivity index (χ2v) is 8.91. The summed E-state index contributed by atoms with van der Waals surface area (Å²) < 4.78 is 30.4. The molecule has 0 aliphatic carbocycles. The molecule has 0 saturated carbocycles. The van der Waals surface area contributed by atoms with E-state index in [2.05, 4.69) is 4.98 Å². The zero-order chi connectivity index (χ0) is 23.8. The molecule has 11 heteroatoms. The van der Waals surface area contributed by atoms with E-state index in [-0.39, 0.29) is 27.8 Å². The number of hydroxylamine groups is 1. The molecule has 0 bridgehead atoms. The lowest BCUT2D eigenvalue weighted by molar-refractivity contribution is 0.212. The maximum Gasteiger partial charge on any atom is 0.343 e. The van der Waals surface area contributed by atoms with E-state index in [1.165, 1.54) is 18.2 Å². The minimum Gasteiger partial charge on any atom is -0.435 e. The molecule has 1 aromatic heterocycles. The van der Waals surface area contributed by atoms with Crippen LogP contribution in [-0.4, -0.2) is 24.6 Å². The van der Waals surface area contributed by atoms with E-state index < -0.39 is 16.1 Å². The highest BCUT2D eigenvalue weighted by atomic mass is 35.5. The van der Waals surface area contributed by atoms with Crippen molar-refractivity contribution in [3.05, 3.63) is 77.8 Å². The highest BCUT2D eigenvalue weighted by Crippen LogP contribution is 2.39. The first-order valence-electron chi connectivity index (χ1n) is 9.43. The van der Waals surface area contributed by atoms with Crippen LogP contribution in [0, 0.1) is 0 Å². The maximum absolute atomic E-state index is 12.2. The SMILES string of the molecule is NC(=O)N(O)c1ccc(-c2nc(-c3ccc(Cl)cc3)c(-c3ccccc3S(N)(=O)=O)o2)cc1. The summed E-state index contributed by atoms with van der Waals surface area (Å²) in [5.41, 5.74) is 6.98. The number of hydrogen-bond donors (Lipinski definition) is 3. The molecule has 0 radical (unpaired) electrons. The molecule has 4 aromatic rings. The topological polar surface area (TPSA) is 153 Å². The van der Waals surface area contributed by atoms with Crippen molar-refractivity contribution in [1.82, 2.24) is 4.98 Å². The number of sulfonamides is 1. The van der Waals surface area contributed by atoms with Crippen LogP contribution in [0.3, 0.4) is 0 Å². The lowest BCUT2D eigenvalue weighted by Gasteiger charge is -2.11. The van der Waals surface area contributed by atoms with E-state index in [0.717, 1.165) is 0 Å². The molecular weight excluding hydrogens is 468 g/mol. The van der Waals surface area contributed by atoms with Gasteiger partial charge in [-0.25, -0.2) is 23.3 Å². The monoisotopic (exact) mass is 484 g/mol. The molecule has 0 fully saturated rings. The van der Waals surface area contributed by atoms with Gasteiger partial charge in [0.1, 0.15) is 5.69 Å². The zero-order valence-corrected chi connectivity index (χ0v) is 18.4. The summed E-state index contributed by atoms with van der Waals surface area (Å²) in [6.07, 6.45) is 0. The number of nitrogens with zero attached hydrogens (tertiary/aromatic N) is 2. The quantitative estimate of drug-likeness (QED) is 0.284. The first-order chi connectivity index (χ1) is 15.6. The van der Waals surface area contributed by atoms with Crippen molar-refractivity contribution in [2.45, 2.75) is 4.90 Å². The molecule has 4 rings (SSSR count). The molecule has 33 heavy (non-hydrogen) atoms. The summed E-state index contributed by atoms with van der Waals surface area (Å²) in [5, 5.41) is 15.9. The van der Waals surface area contributed by atoms with Gasteiger partial charge in [0.25, 0.3) is 0 Å². The van der Waals surface area contributed by atoms with Gasteiger partial charge < -0.3 is 10.2 Å². The number of amides is 2. The number of nitrogens with two attached hydrogens (primary N) is 2. The molecule has 9 nitrogen and oxygen atoms in total. The summed E-state index contributed by atoms with van der Waals surface area (Å²) in [6.45, 7) is 0. The van der Waals surface area contributed by atoms with Gasteiger partial charge in [-0.1, -0.05) is 35.9 Å². The fourth-order valence-electron chi connectivity index (χ4n) is 3.20. The first-order valence-corrected chi connectivity index (χ1v) is 11.4. The number of halogens is 1. The van der Waals surface area contributed by atoms with Crippen LogP contribution >= 0.6 is 11.6 Å². The molecular formula is C22H17ClN4O5S. The number of benzene rings is 3. The number of primary amides is 1. The van der Waals surface area contributed by atoms with Crippen molar-refractivity contribution in [1.29, 1.82) is 0 Å². The summed E-state index contributed by atoms with van der Waals surface area (Å²) >= 11 is 6.01. The molecule has 0 atom stereocenters. The van der Waals surface area contributed by atoms with Crippen molar-refractivity contribution in [2.24, 2.45) is 10.9 Å². The number of aromatic nitrogens is 1. The van der Waals surface area contributed by atoms with Crippen LogP contribution in [0.25, 0.3) is 34.0 Å². The largest absolute Gasteiger partial charge is 0.435 e. The highest BCUT2D eigenvalue weighted by molar-refractivity contribution is 7.89. The number of urea groups is 1. The number of rotatable bonds is 5. The number of primary sulfonamides is 1. The van der Waals surface area contributed by atoms with Crippen LogP contribution in [-0.2, 0) is 10.0 Å². The van der Waals surface area contributed by atoms with Gasteiger partial charge in [-0.05, 0) is 48.5 Å². The van der Waals surface area contributed by atoms with Gasteiger partial charge in [-0.2, -0.15) is 5.06 Å². The smallest absolute Gasteiger partial charge is 0.343 e. The van der Waals surface area contributed by atoms with Crippen molar-refractivity contribution in [2.75, 3.05) is 5.06 Å². The van der Waals surface area contributed by atoms with E-state index in [0.29, 0.717) is 26.9 Å². The second-order valence-electron chi connectivity index (χ2n) is 6.94. The Morgan fingerprint density at radius 1 is 0.970 bits per heavy atom. The summed E-state index contributed by atoms with van der Waals surface area (Å²) in [7, 11) is -4.05. The van der Waals surface area contributed by atoms with Gasteiger partial charge in [0.15, 0.2) is 5.76 Å². The van der Waals surface area contributed by atoms with Gasteiger partial charge >= 0.3 is 6.03 Å². The van der Waals surface area contributed by atoms with E-state index in [4.69, 9.17) is 26.9 Å². The van der Waals surface area contributed by atoms with Crippen LogP contribution in [0.5, 0.6) is 0 Å². The highest BCUT2D eigenvalue weighted by Gasteiger charge is 2.24. The Bertz CT molecular complexity index is 1430. The Hall–Kier alpha value is -3.70. The van der Waals surface area contributed by atoms with E-state index in [1.54, 1.807) is 54.6 Å². The average molecular weight is 485 g/mol. The van der Waals surface area contributed by atoms with E-state index in [1.807, 2.05) is 0 Å².